The van der Waals surface area contributed by atoms with Crippen LogP contribution in [0.15, 0.2) is 29.8 Å². The van der Waals surface area contributed by atoms with Gasteiger partial charge in [0.1, 0.15) is 5.69 Å². The second-order valence-electron chi connectivity index (χ2n) is 3.44. The largest absolute Gasteiger partial charge is 0.287 e. The number of hydrogen-bond donors (Lipinski definition) is 0. The van der Waals surface area contributed by atoms with E-state index in [4.69, 9.17) is 0 Å². The van der Waals surface area contributed by atoms with Crippen LogP contribution in [0, 0.1) is 13.8 Å². The highest BCUT2D eigenvalue weighted by atomic mass is 32.1. The van der Waals surface area contributed by atoms with Crippen LogP contribution in [0.25, 0.3) is 0 Å². The highest BCUT2D eigenvalue weighted by Crippen LogP contribution is 2.18. The van der Waals surface area contributed by atoms with E-state index in [1.54, 1.807) is 17.5 Å². The fraction of sp³-hybridized carbons (Fsp3) is 0.167. The Labute approximate surface area is 92.6 Å². The van der Waals surface area contributed by atoms with Gasteiger partial charge in [-0.2, -0.15) is 0 Å². The van der Waals surface area contributed by atoms with Gasteiger partial charge in [-0.05, 0) is 43.0 Å². The highest BCUT2D eigenvalue weighted by Gasteiger charge is 2.13. The quantitative estimate of drug-likeness (QED) is 0.724. The first kappa shape index (κ1) is 10.1. The molecule has 0 N–H and O–H groups in total. The van der Waals surface area contributed by atoms with Crippen LogP contribution >= 0.6 is 11.3 Å². The van der Waals surface area contributed by atoms with E-state index in [1.807, 2.05) is 37.4 Å². The SMILES string of the molecule is Cc1ccnc(C(=O)c2ccsc2C)c1. The van der Waals surface area contributed by atoms with Gasteiger partial charge in [-0.15, -0.1) is 11.3 Å². The van der Waals surface area contributed by atoms with Crippen molar-refractivity contribution in [2.45, 2.75) is 13.8 Å². The molecule has 2 heterocycles. The van der Waals surface area contributed by atoms with Crippen molar-refractivity contribution < 1.29 is 4.79 Å². The van der Waals surface area contributed by atoms with E-state index in [2.05, 4.69) is 4.98 Å². The van der Waals surface area contributed by atoms with Gasteiger partial charge in [0, 0.05) is 16.6 Å². The number of aryl methyl sites for hydroxylation is 2. The number of rotatable bonds is 2. The number of nitrogens with zero attached hydrogens (tertiary/aromatic N) is 1. The predicted molar refractivity (Wildman–Crippen MR) is 61.5 cm³/mol. The third kappa shape index (κ3) is 1.97. The summed E-state index contributed by atoms with van der Waals surface area (Å²) in [6.07, 6.45) is 1.67. The first-order chi connectivity index (χ1) is 7.18. The second kappa shape index (κ2) is 3.95. The van der Waals surface area contributed by atoms with Crippen LogP contribution in [0.2, 0.25) is 0 Å². The third-order valence-corrected chi connectivity index (χ3v) is 3.10. The van der Waals surface area contributed by atoms with Crippen molar-refractivity contribution in [3.05, 3.63) is 51.5 Å². The number of ketones is 1. The van der Waals surface area contributed by atoms with E-state index in [1.165, 1.54) is 0 Å². The topological polar surface area (TPSA) is 30.0 Å². The van der Waals surface area contributed by atoms with Crippen molar-refractivity contribution in [2.24, 2.45) is 0 Å². The number of hydrogen-bond acceptors (Lipinski definition) is 3. The summed E-state index contributed by atoms with van der Waals surface area (Å²) in [6, 6.07) is 5.56. The van der Waals surface area contributed by atoms with Gasteiger partial charge in [0.05, 0.1) is 0 Å². The van der Waals surface area contributed by atoms with Crippen LogP contribution < -0.4 is 0 Å². The normalized spacial score (nSPS) is 10.3. The Morgan fingerprint density at radius 1 is 1.33 bits per heavy atom. The summed E-state index contributed by atoms with van der Waals surface area (Å²) in [6.45, 7) is 3.91. The fourth-order valence-corrected chi connectivity index (χ4v) is 2.11. The molecular weight excluding hydrogens is 206 g/mol. The van der Waals surface area contributed by atoms with Crippen molar-refractivity contribution in [2.75, 3.05) is 0 Å². The molecule has 0 aromatic carbocycles. The molecule has 2 nitrogen and oxygen atoms in total. The zero-order chi connectivity index (χ0) is 10.8. The summed E-state index contributed by atoms with van der Waals surface area (Å²) < 4.78 is 0. The van der Waals surface area contributed by atoms with Crippen molar-refractivity contribution in [3.63, 3.8) is 0 Å². The predicted octanol–water partition coefficient (Wildman–Crippen LogP) is 2.99. The molecule has 0 aliphatic carbocycles. The molecule has 0 saturated carbocycles. The molecule has 0 bridgehead atoms. The molecular formula is C12H11NOS. The van der Waals surface area contributed by atoms with Gasteiger partial charge >= 0.3 is 0 Å². The average molecular weight is 217 g/mol. The van der Waals surface area contributed by atoms with Gasteiger partial charge in [0.2, 0.25) is 5.78 Å². The lowest BCUT2D eigenvalue weighted by Gasteiger charge is -2.00. The molecule has 2 aromatic rings. The monoisotopic (exact) mass is 217 g/mol. The Hall–Kier alpha value is -1.48. The standard InChI is InChI=1S/C12H11NOS/c1-8-3-5-13-11(7-8)12(14)10-4-6-15-9(10)2/h3-7H,1-2H3. The molecule has 0 fully saturated rings. The first-order valence-electron chi connectivity index (χ1n) is 4.70. The minimum atomic E-state index is 0.0115. The molecule has 76 valence electrons. The number of thiophene rings is 1. The molecule has 0 spiro atoms. The minimum absolute atomic E-state index is 0.0115. The molecule has 15 heavy (non-hydrogen) atoms. The molecule has 0 unspecified atom stereocenters. The smallest absolute Gasteiger partial charge is 0.212 e. The van der Waals surface area contributed by atoms with E-state index >= 15 is 0 Å². The van der Waals surface area contributed by atoms with Crippen LogP contribution in [-0.2, 0) is 0 Å². The summed E-state index contributed by atoms with van der Waals surface area (Å²) >= 11 is 1.58. The van der Waals surface area contributed by atoms with Crippen LogP contribution in [0.3, 0.4) is 0 Å². The van der Waals surface area contributed by atoms with Crippen LogP contribution in [0.5, 0.6) is 0 Å². The average Bonchev–Trinajstić information content (AvgIpc) is 2.63. The van der Waals surface area contributed by atoms with Gasteiger partial charge < -0.3 is 0 Å². The lowest BCUT2D eigenvalue weighted by atomic mass is 10.1. The molecule has 3 heteroatoms. The Bertz CT molecular complexity index is 502. The Morgan fingerprint density at radius 2 is 2.13 bits per heavy atom. The van der Waals surface area contributed by atoms with Crippen LogP contribution in [0.4, 0.5) is 0 Å². The van der Waals surface area contributed by atoms with Crippen molar-refractivity contribution in [3.8, 4) is 0 Å². The molecule has 2 aromatic heterocycles. The number of pyridine rings is 1. The van der Waals surface area contributed by atoms with Gasteiger partial charge in [-0.1, -0.05) is 0 Å². The van der Waals surface area contributed by atoms with Crippen LogP contribution in [0.1, 0.15) is 26.5 Å². The molecule has 0 aliphatic heterocycles. The maximum absolute atomic E-state index is 12.0. The molecule has 2 rings (SSSR count). The van der Waals surface area contributed by atoms with Crippen molar-refractivity contribution in [1.82, 2.24) is 4.98 Å². The maximum Gasteiger partial charge on any atom is 0.212 e. The Kier molecular flexibility index (Phi) is 2.64. The number of aromatic nitrogens is 1. The van der Waals surface area contributed by atoms with Crippen molar-refractivity contribution >= 4 is 17.1 Å². The van der Waals surface area contributed by atoms with E-state index < -0.39 is 0 Å². The number of carbonyl (C=O) groups excluding carboxylic acids is 1. The first-order valence-corrected chi connectivity index (χ1v) is 5.58. The summed E-state index contributed by atoms with van der Waals surface area (Å²) in [5.41, 5.74) is 2.34. The Balaban J connectivity index is 2.41. The van der Waals surface area contributed by atoms with Crippen molar-refractivity contribution in [1.29, 1.82) is 0 Å². The molecule has 0 atom stereocenters. The molecule has 0 amide bonds. The molecule has 0 saturated heterocycles. The summed E-state index contributed by atoms with van der Waals surface area (Å²) in [4.78, 5) is 17.2. The zero-order valence-corrected chi connectivity index (χ0v) is 9.47. The second-order valence-corrected chi connectivity index (χ2v) is 4.56. The van der Waals surface area contributed by atoms with E-state index in [0.717, 1.165) is 16.0 Å². The summed E-state index contributed by atoms with van der Waals surface area (Å²) in [5.74, 6) is 0.0115. The van der Waals surface area contributed by atoms with Gasteiger partial charge in [-0.3, -0.25) is 9.78 Å². The highest BCUT2D eigenvalue weighted by molar-refractivity contribution is 7.10. The third-order valence-electron chi connectivity index (χ3n) is 2.25. The molecule has 0 radical (unpaired) electrons. The molecule has 0 aliphatic rings. The minimum Gasteiger partial charge on any atom is -0.287 e. The Morgan fingerprint density at radius 3 is 2.73 bits per heavy atom. The number of carbonyl (C=O) groups is 1. The summed E-state index contributed by atoms with van der Waals surface area (Å²) in [7, 11) is 0. The lowest BCUT2D eigenvalue weighted by Crippen LogP contribution is -2.04. The van der Waals surface area contributed by atoms with E-state index in [0.29, 0.717) is 5.69 Å². The zero-order valence-electron chi connectivity index (χ0n) is 8.65. The van der Waals surface area contributed by atoms with Gasteiger partial charge in [0.25, 0.3) is 0 Å². The maximum atomic E-state index is 12.0. The lowest BCUT2D eigenvalue weighted by molar-refractivity contribution is 0.103. The summed E-state index contributed by atoms with van der Waals surface area (Å²) in [5, 5.41) is 1.93. The van der Waals surface area contributed by atoms with E-state index in [-0.39, 0.29) is 5.78 Å². The van der Waals surface area contributed by atoms with Gasteiger partial charge in [0.15, 0.2) is 0 Å². The fourth-order valence-electron chi connectivity index (χ4n) is 1.42. The van der Waals surface area contributed by atoms with Gasteiger partial charge in [-0.25, -0.2) is 0 Å². The van der Waals surface area contributed by atoms with E-state index in [9.17, 15) is 4.79 Å². The van der Waals surface area contributed by atoms with Crippen LogP contribution in [-0.4, -0.2) is 10.8 Å².